The van der Waals surface area contributed by atoms with E-state index in [9.17, 15) is 4.79 Å². The second-order valence-electron chi connectivity index (χ2n) is 16.1. The monoisotopic (exact) mass is 826 g/mol. The first kappa shape index (κ1) is 40.0. The van der Waals surface area contributed by atoms with Crippen molar-refractivity contribution in [3.63, 3.8) is 0 Å². The summed E-state index contributed by atoms with van der Waals surface area (Å²) in [6, 6.07) is 29.5. The van der Waals surface area contributed by atoms with Gasteiger partial charge in [-0.15, -0.1) is 0 Å². The number of aromatic nitrogens is 3. The maximum Gasteiger partial charge on any atom is 0.260 e. The van der Waals surface area contributed by atoms with Gasteiger partial charge in [-0.25, -0.2) is 4.68 Å². The zero-order valence-electron chi connectivity index (χ0n) is 34.5. The highest BCUT2D eigenvalue weighted by Gasteiger charge is 2.34. The smallest absolute Gasteiger partial charge is 0.260 e. The number of anilines is 1. The van der Waals surface area contributed by atoms with Crippen LogP contribution in [0.5, 0.6) is 5.75 Å². The van der Waals surface area contributed by atoms with Gasteiger partial charge in [0.2, 0.25) is 0 Å². The van der Waals surface area contributed by atoms with Crippen LogP contribution in [-0.2, 0) is 36.0 Å². The van der Waals surface area contributed by atoms with Crippen LogP contribution in [0.25, 0.3) is 22.2 Å². The number of amides is 2. The van der Waals surface area contributed by atoms with Gasteiger partial charge < -0.3 is 28.6 Å². The van der Waals surface area contributed by atoms with Crippen LogP contribution < -0.4 is 9.64 Å². The lowest BCUT2D eigenvalue weighted by Crippen LogP contribution is -2.52. The fourth-order valence-electron chi connectivity index (χ4n) is 9.10. The minimum absolute atomic E-state index is 0.0236. The average Bonchev–Trinajstić information content (AvgIpc) is 3.85. The van der Waals surface area contributed by atoms with Gasteiger partial charge in [-0.3, -0.25) is 14.5 Å². The molecule has 3 aliphatic heterocycles. The maximum absolute atomic E-state index is 15.2. The predicted molar refractivity (Wildman–Crippen MR) is 234 cm³/mol. The Labute approximate surface area is 356 Å². The maximum atomic E-state index is 15.2. The van der Waals surface area contributed by atoms with E-state index in [-0.39, 0.29) is 30.6 Å². The zero-order chi connectivity index (χ0) is 41.3. The van der Waals surface area contributed by atoms with Crippen molar-refractivity contribution < 1.29 is 23.8 Å². The van der Waals surface area contributed by atoms with Crippen molar-refractivity contribution in [1.29, 1.82) is 0 Å². The van der Waals surface area contributed by atoms with Gasteiger partial charge in [-0.05, 0) is 92.3 Å². The third kappa shape index (κ3) is 7.83. The van der Waals surface area contributed by atoms with E-state index < -0.39 is 0 Å². The summed E-state index contributed by atoms with van der Waals surface area (Å²) in [4.78, 5) is 36.4. The number of morpholine rings is 1. The van der Waals surface area contributed by atoms with Crippen molar-refractivity contribution in [2.45, 2.75) is 58.0 Å². The highest BCUT2D eigenvalue weighted by Crippen LogP contribution is 2.36. The molecule has 6 aromatic rings. The molecule has 2 saturated heterocycles. The van der Waals surface area contributed by atoms with Gasteiger partial charge in [-0.2, -0.15) is 5.10 Å². The lowest BCUT2D eigenvalue weighted by molar-refractivity contribution is -0.0366. The summed E-state index contributed by atoms with van der Waals surface area (Å²) in [7, 11) is 3.58. The molecule has 2 atom stereocenters. The van der Waals surface area contributed by atoms with E-state index in [0.29, 0.717) is 47.2 Å². The molecule has 11 nitrogen and oxygen atoms in total. The van der Waals surface area contributed by atoms with E-state index in [4.69, 9.17) is 30.9 Å². The third-order valence-electron chi connectivity index (χ3n) is 12.5. The summed E-state index contributed by atoms with van der Waals surface area (Å²) < 4.78 is 21.4. The van der Waals surface area contributed by atoms with Gasteiger partial charge in [0.15, 0.2) is 6.23 Å². The van der Waals surface area contributed by atoms with Crippen LogP contribution in [0.1, 0.15) is 68.6 Å². The van der Waals surface area contributed by atoms with Crippen molar-refractivity contribution in [3.05, 3.63) is 136 Å². The van der Waals surface area contributed by atoms with E-state index in [1.54, 1.807) is 18.1 Å². The Balaban J connectivity index is 1.08. The molecule has 0 radical (unpaired) electrons. The molecule has 3 aliphatic rings. The largest absolute Gasteiger partial charge is 0.496 e. The van der Waals surface area contributed by atoms with Crippen LogP contribution in [0.4, 0.5) is 5.69 Å². The summed E-state index contributed by atoms with van der Waals surface area (Å²) >= 11 is 6.74. The number of carbonyl (C=O) groups is 2. The quantitative estimate of drug-likeness (QED) is 0.137. The molecule has 60 heavy (non-hydrogen) atoms. The lowest BCUT2D eigenvalue weighted by atomic mass is 9.92. The summed E-state index contributed by atoms with van der Waals surface area (Å²) in [6.07, 6.45) is 5.57. The molecule has 9 rings (SSSR count). The standard InChI is InChI=1S/C48H51ClN6O5/c1-32-41(48(57)53(30-35-12-6-7-13-45(35)58-3)38-16-18-43-36(25-38)28-50-55(43)46-14-8-9-21-60-46)27-44(51(32)2)42-26-37(49)15-17-40(42)47(56)54-29-34-11-5-4-10-33(34)24-39(54)31-52-19-22-59-23-20-52/h4-7,10-13,15-18,25-28,39,46H,8-9,14,19-24,29-31H2,1-3H3. The fourth-order valence-corrected chi connectivity index (χ4v) is 9.27. The Hall–Kier alpha value is -5.46. The predicted octanol–water partition coefficient (Wildman–Crippen LogP) is 8.46. The van der Waals surface area contributed by atoms with Crippen LogP contribution in [0.15, 0.2) is 97.2 Å². The van der Waals surface area contributed by atoms with Crippen molar-refractivity contribution in [3.8, 4) is 17.0 Å². The number of methoxy groups -OCH3 is 1. The van der Waals surface area contributed by atoms with E-state index in [1.807, 2.05) is 101 Å². The highest BCUT2D eigenvalue weighted by molar-refractivity contribution is 6.31. The Morgan fingerprint density at radius 1 is 0.917 bits per heavy atom. The molecular formula is C48H51ClN6O5. The molecule has 0 bridgehead atoms. The van der Waals surface area contributed by atoms with Crippen LogP contribution in [-0.4, -0.2) is 88.6 Å². The summed E-state index contributed by atoms with van der Waals surface area (Å²) in [5.41, 5.74) is 8.21. The number of ether oxygens (including phenoxy) is 3. The minimum atomic E-state index is -0.185. The second-order valence-corrected chi connectivity index (χ2v) is 16.5. The lowest BCUT2D eigenvalue weighted by Gasteiger charge is -2.40. The molecule has 4 aromatic carbocycles. The van der Waals surface area contributed by atoms with Crippen molar-refractivity contribution >= 4 is 40.0 Å². The number of nitrogens with zero attached hydrogens (tertiary/aromatic N) is 6. The van der Waals surface area contributed by atoms with E-state index in [1.165, 1.54) is 5.56 Å². The highest BCUT2D eigenvalue weighted by atomic mass is 35.5. The first-order valence-corrected chi connectivity index (χ1v) is 21.3. The molecule has 5 heterocycles. The normalized spacial score (nSPS) is 18.4. The van der Waals surface area contributed by atoms with Gasteiger partial charge in [0, 0.05) is 90.0 Å². The summed E-state index contributed by atoms with van der Waals surface area (Å²) in [6.45, 7) is 7.27. The van der Waals surface area contributed by atoms with Crippen molar-refractivity contribution in [2.24, 2.45) is 7.05 Å². The molecule has 310 valence electrons. The van der Waals surface area contributed by atoms with Gasteiger partial charge in [0.25, 0.3) is 11.8 Å². The molecule has 2 amide bonds. The number of hydrogen-bond donors (Lipinski definition) is 0. The van der Waals surface area contributed by atoms with Crippen LogP contribution >= 0.6 is 11.6 Å². The zero-order valence-corrected chi connectivity index (χ0v) is 35.2. The molecule has 12 heteroatoms. The van der Waals surface area contributed by atoms with Crippen LogP contribution in [0, 0.1) is 6.92 Å². The van der Waals surface area contributed by atoms with Crippen molar-refractivity contribution in [1.82, 2.24) is 24.1 Å². The number of para-hydroxylation sites is 1. The number of hydrogen-bond acceptors (Lipinski definition) is 7. The van der Waals surface area contributed by atoms with E-state index in [0.717, 1.165) is 91.0 Å². The SMILES string of the molecule is COc1ccccc1CN(C(=O)c1cc(-c2cc(Cl)ccc2C(=O)N2Cc3ccccc3CC2CN2CCOCC2)n(C)c1C)c1ccc2c(cnn2C2CCCCO2)c1. The summed E-state index contributed by atoms with van der Waals surface area (Å²) in [5, 5.41) is 6.14. The summed E-state index contributed by atoms with van der Waals surface area (Å²) in [5.74, 6) is 0.445. The fraction of sp³-hybridized carbons (Fsp3) is 0.354. The van der Waals surface area contributed by atoms with Crippen LogP contribution in [0.3, 0.4) is 0 Å². The average molecular weight is 827 g/mol. The molecule has 2 unspecified atom stereocenters. The number of rotatable bonds is 10. The first-order valence-electron chi connectivity index (χ1n) is 20.9. The van der Waals surface area contributed by atoms with Gasteiger partial charge in [0.05, 0.1) is 44.1 Å². The Kier molecular flexibility index (Phi) is 11.5. The van der Waals surface area contributed by atoms with Crippen molar-refractivity contribution in [2.75, 3.05) is 51.5 Å². The second kappa shape index (κ2) is 17.3. The van der Waals surface area contributed by atoms with Crippen LogP contribution in [0.2, 0.25) is 5.02 Å². The van der Waals surface area contributed by atoms with E-state index in [2.05, 4.69) is 23.1 Å². The molecular weight excluding hydrogens is 776 g/mol. The molecule has 2 fully saturated rings. The number of carbonyl (C=O) groups excluding carboxylic acids is 2. The molecule has 2 aromatic heterocycles. The van der Waals surface area contributed by atoms with Gasteiger partial charge in [0.1, 0.15) is 5.75 Å². The first-order chi connectivity index (χ1) is 29.3. The topological polar surface area (TPSA) is 94.3 Å². The Morgan fingerprint density at radius 2 is 1.72 bits per heavy atom. The molecule has 0 N–H and O–H groups in total. The number of fused-ring (bicyclic) bond motifs is 2. The number of benzene rings is 4. The Morgan fingerprint density at radius 3 is 2.52 bits per heavy atom. The Bertz CT molecular complexity index is 2540. The molecule has 0 aliphatic carbocycles. The van der Waals surface area contributed by atoms with E-state index >= 15 is 4.79 Å². The van der Waals surface area contributed by atoms with Gasteiger partial charge in [-0.1, -0.05) is 54.1 Å². The third-order valence-corrected chi connectivity index (χ3v) is 12.8. The number of halogens is 1. The minimum Gasteiger partial charge on any atom is -0.496 e. The molecule has 0 spiro atoms. The molecule has 0 saturated carbocycles. The van der Waals surface area contributed by atoms with Gasteiger partial charge >= 0.3 is 0 Å².